The third-order valence-electron chi connectivity index (χ3n) is 4.26. The molecule has 0 aromatic heterocycles. The highest BCUT2D eigenvalue weighted by atomic mass is 28.4. The fourth-order valence-corrected chi connectivity index (χ4v) is 2.75. The van der Waals surface area contributed by atoms with E-state index >= 15 is 0 Å². The number of aryl methyl sites for hydroxylation is 1. The third kappa shape index (κ3) is 4.66. The Labute approximate surface area is 134 Å². The van der Waals surface area contributed by atoms with Crippen LogP contribution in [0.3, 0.4) is 0 Å². The second-order valence-corrected chi connectivity index (χ2v) is 11.9. The van der Waals surface area contributed by atoms with Gasteiger partial charge in [0.25, 0.3) is 0 Å². The van der Waals surface area contributed by atoms with Crippen molar-refractivity contribution in [1.29, 1.82) is 0 Å². The second kappa shape index (κ2) is 7.40. The Morgan fingerprint density at radius 2 is 1.86 bits per heavy atom. The van der Waals surface area contributed by atoms with Crippen molar-refractivity contribution in [2.45, 2.75) is 52.4 Å². The molecular formula is C17H28O4Si. The molecule has 0 fully saturated rings. The molecule has 0 radical (unpaired) electrons. The van der Waals surface area contributed by atoms with E-state index in [1.54, 1.807) is 7.11 Å². The van der Waals surface area contributed by atoms with E-state index in [0.717, 1.165) is 17.4 Å². The number of ether oxygens (including phenoxy) is 2. The zero-order valence-corrected chi connectivity index (χ0v) is 15.8. The Morgan fingerprint density at radius 1 is 1.23 bits per heavy atom. The fourth-order valence-electron chi connectivity index (χ4n) is 1.79. The van der Waals surface area contributed by atoms with Crippen LogP contribution in [0.1, 0.15) is 42.3 Å². The summed E-state index contributed by atoms with van der Waals surface area (Å²) in [4.78, 5) is 11.2. The van der Waals surface area contributed by atoms with Crippen LogP contribution in [0.15, 0.2) is 12.1 Å². The number of aldehydes is 1. The topological polar surface area (TPSA) is 44.8 Å². The molecule has 1 aromatic carbocycles. The quantitative estimate of drug-likeness (QED) is 0.426. The van der Waals surface area contributed by atoms with Crippen molar-refractivity contribution < 1.29 is 18.7 Å². The van der Waals surface area contributed by atoms with Crippen LogP contribution in [0.5, 0.6) is 5.75 Å². The van der Waals surface area contributed by atoms with Crippen LogP contribution in [-0.4, -0.2) is 28.5 Å². The number of benzene rings is 1. The van der Waals surface area contributed by atoms with Gasteiger partial charge in [-0.05, 0) is 42.2 Å². The highest BCUT2D eigenvalue weighted by Crippen LogP contribution is 2.37. The molecule has 1 aromatic rings. The van der Waals surface area contributed by atoms with E-state index in [2.05, 4.69) is 33.9 Å². The summed E-state index contributed by atoms with van der Waals surface area (Å²) in [7, 11) is -0.251. The van der Waals surface area contributed by atoms with Crippen LogP contribution in [0.4, 0.5) is 0 Å². The molecule has 0 saturated heterocycles. The Kier molecular flexibility index (Phi) is 6.34. The van der Waals surface area contributed by atoms with Gasteiger partial charge in [-0.1, -0.05) is 26.8 Å². The first-order valence-corrected chi connectivity index (χ1v) is 10.4. The maximum atomic E-state index is 11.2. The van der Waals surface area contributed by atoms with Crippen LogP contribution in [0.25, 0.3) is 0 Å². The molecule has 0 aliphatic rings. The van der Waals surface area contributed by atoms with Crippen LogP contribution in [-0.2, 0) is 15.8 Å². The number of hydrogen-bond donors (Lipinski definition) is 0. The molecule has 0 N–H and O–H groups in total. The first-order chi connectivity index (χ1) is 10.1. The van der Waals surface area contributed by atoms with Crippen molar-refractivity contribution in [3.05, 3.63) is 28.8 Å². The largest absolute Gasteiger partial charge is 0.467 e. The highest BCUT2D eigenvalue weighted by molar-refractivity contribution is 6.74. The van der Waals surface area contributed by atoms with E-state index in [9.17, 15) is 4.79 Å². The molecule has 0 aliphatic heterocycles. The minimum Gasteiger partial charge on any atom is -0.467 e. The minimum atomic E-state index is -1.80. The van der Waals surface area contributed by atoms with Gasteiger partial charge in [-0.25, -0.2) is 0 Å². The fraction of sp³-hybridized carbons (Fsp3) is 0.588. The summed E-state index contributed by atoms with van der Waals surface area (Å²) >= 11 is 0. The molecule has 0 bridgehead atoms. The molecule has 22 heavy (non-hydrogen) atoms. The van der Waals surface area contributed by atoms with Gasteiger partial charge in [0.1, 0.15) is 5.75 Å². The van der Waals surface area contributed by atoms with E-state index < -0.39 is 8.32 Å². The summed E-state index contributed by atoms with van der Waals surface area (Å²) < 4.78 is 16.7. The van der Waals surface area contributed by atoms with Gasteiger partial charge in [-0.3, -0.25) is 4.79 Å². The van der Waals surface area contributed by atoms with Crippen molar-refractivity contribution >= 4 is 14.6 Å². The average molecular weight is 324 g/mol. The molecule has 5 heteroatoms. The molecule has 0 unspecified atom stereocenters. The SMILES string of the molecule is COCOc1cc(CO[Si](C)(C)C(C)(C)C)cc(C)c1C=O. The Balaban J connectivity index is 2.97. The summed E-state index contributed by atoms with van der Waals surface area (Å²) in [6, 6.07) is 3.85. The van der Waals surface area contributed by atoms with Crippen molar-refractivity contribution in [2.24, 2.45) is 0 Å². The Morgan fingerprint density at radius 3 is 2.36 bits per heavy atom. The van der Waals surface area contributed by atoms with Crippen LogP contribution < -0.4 is 4.74 Å². The molecule has 0 amide bonds. The average Bonchev–Trinajstić information content (AvgIpc) is 2.41. The summed E-state index contributed by atoms with van der Waals surface area (Å²) in [6.07, 6.45) is 0.818. The normalized spacial score (nSPS) is 12.3. The van der Waals surface area contributed by atoms with Gasteiger partial charge in [-0.15, -0.1) is 0 Å². The molecule has 0 saturated carbocycles. The van der Waals surface area contributed by atoms with Gasteiger partial charge in [0.2, 0.25) is 0 Å². The summed E-state index contributed by atoms with van der Waals surface area (Å²) in [6.45, 7) is 13.6. The van der Waals surface area contributed by atoms with Gasteiger partial charge in [0, 0.05) is 7.11 Å². The number of carbonyl (C=O) groups excluding carboxylic acids is 1. The summed E-state index contributed by atoms with van der Waals surface area (Å²) in [5, 5.41) is 0.167. The molecule has 0 atom stereocenters. The lowest BCUT2D eigenvalue weighted by Crippen LogP contribution is -2.40. The molecule has 124 valence electrons. The molecule has 4 nitrogen and oxygen atoms in total. The maximum Gasteiger partial charge on any atom is 0.192 e. The molecule has 0 heterocycles. The van der Waals surface area contributed by atoms with Crippen LogP contribution in [0, 0.1) is 6.92 Å². The van der Waals surface area contributed by atoms with Crippen molar-refractivity contribution in [3.8, 4) is 5.75 Å². The standard InChI is InChI=1S/C17H28O4Si/c1-13-8-14(11-21-22(6,7)17(2,3)4)9-16(15(13)10-18)20-12-19-5/h8-10H,11-12H2,1-7H3. The van der Waals surface area contributed by atoms with Gasteiger partial charge in [0.05, 0.1) is 12.2 Å². The van der Waals surface area contributed by atoms with Crippen LogP contribution in [0.2, 0.25) is 18.1 Å². The van der Waals surface area contributed by atoms with Crippen molar-refractivity contribution in [3.63, 3.8) is 0 Å². The summed E-state index contributed by atoms with van der Waals surface area (Å²) in [5.41, 5.74) is 2.46. The lowest BCUT2D eigenvalue weighted by molar-refractivity contribution is 0.0504. The van der Waals surface area contributed by atoms with E-state index in [0.29, 0.717) is 17.9 Å². The number of carbonyl (C=O) groups is 1. The van der Waals surface area contributed by atoms with E-state index in [-0.39, 0.29) is 11.8 Å². The second-order valence-electron chi connectivity index (χ2n) is 7.04. The van der Waals surface area contributed by atoms with Gasteiger partial charge < -0.3 is 13.9 Å². The first-order valence-electron chi connectivity index (χ1n) is 7.47. The van der Waals surface area contributed by atoms with Crippen LogP contribution >= 0.6 is 0 Å². The third-order valence-corrected chi connectivity index (χ3v) is 8.74. The number of hydrogen-bond acceptors (Lipinski definition) is 4. The van der Waals surface area contributed by atoms with E-state index in [4.69, 9.17) is 13.9 Å². The monoisotopic (exact) mass is 324 g/mol. The number of rotatable bonds is 7. The van der Waals surface area contributed by atoms with E-state index in [1.807, 2.05) is 19.1 Å². The lowest BCUT2D eigenvalue weighted by Gasteiger charge is -2.36. The smallest absolute Gasteiger partial charge is 0.192 e. The van der Waals surface area contributed by atoms with Gasteiger partial charge in [0.15, 0.2) is 21.4 Å². The highest BCUT2D eigenvalue weighted by Gasteiger charge is 2.37. The molecule has 0 aliphatic carbocycles. The van der Waals surface area contributed by atoms with Crippen molar-refractivity contribution in [1.82, 2.24) is 0 Å². The van der Waals surface area contributed by atoms with Gasteiger partial charge in [-0.2, -0.15) is 0 Å². The number of methoxy groups -OCH3 is 1. The molecule has 1 rings (SSSR count). The summed E-state index contributed by atoms with van der Waals surface area (Å²) in [5.74, 6) is 0.547. The zero-order valence-electron chi connectivity index (χ0n) is 14.8. The maximum absolute atomic E-state index is 11.2. The predicted octanol–water partition coefficient (Wildman–Crippen LogP) is 4.31. The van der Waals surface area contributed by atoms with E-state index in [1.165, 1.54) is 0 Å². The zero-order chi connectivity index (χ0) is 17.0. The molecular weight excluding hydrogens is 296 g/mol. The predicted molar refractivity (Wildman–Crippen MR) is 91.1 cm³/mol. The van der Waals surface area contributed by atoms with Gasteiger partial charge >= 0.3 is 0 Å². The Hall–Kier alpha value is -1.17. The minimum absolute atomic E-state index is 0.118. The Bertz CT molecular complexity index is 518. The van der Waals surface area contributed by atoms with Crippen molar-refractivity contribution in [2.75, 3.05) is 13.9 Å². The first kappa shape index (κ1) is 18.9. The lowest BCUT2D eigenvalue weighted by atomic mass is 10.1. The molecule has 0 spiro atoms.